The lowest BCUT2D eigenvalue weighted by Crippen LogP contribution is -2.45. The number of hydrogen-bond acceptors (Lipinski definition) is 6. The molecule has 180 valence electrons. The number of nitrogens with zero attached hydrogens (tertiary/aromatic N) is 4. The highest BCUT2D eigenvalue weighted by Gasteiger charge is 2.29. The van der Waals surface area contributed by atoms with Crippen molar-refractivity contribution in [1.82, 2.24) is 10.3 Å². The molecule has 2 amide bonds. The van der Waals surface area contributed by atoms with E-state index in [1.54, 1.807) is 24.3 Å². The number of nitro benzene ring substituents is 1. The predicted octanol–water partition coefficient (Wildman–Crippen LogP) is 4.21. The fourth-order valence-corrected chi connectivity index (χ4v) is 4.49. The van der Waals surface area contributed by atoms with E-state index in [0.717, 1.165) is 29.5 Å². The van der Waals surface area contributed by atoms with E-state index in [0.29, 0.717) is 30.8 Å². The van der Waals surface area contributed by atoms with Crippen molar-refractivity contribution in [3.05, 3.63) is 68.2 Å². The Balaban J connectivity index is 1.82. The molecule has 9 nitrogen and oxygen atoms in total. The molecular weight excluding hydrogens is 502 g/mol. The molecule has 0 unspecified atom stereocenters. The van der Waals surface area contributed by atoms with Gasteiger partial charge in [0, 0.05) is 59.6 Å². The van der Waals surface area contributed by atoms with Crippen LogP contribution in [0, 0.1) is 16.0 Å². The summed E-state index contributed by atoms with van der Waals surface area (Å²) in [7, 11) is 0. The minimum Gasteiger partial charge on any atom is -0.370 e. The topological polar surface area (TPSA) is 108 Å². The number of hydrazone groups is 1. The Kier molecular flexibility index (Phi) is 8.75. The molecule has 10 heteroatoms. The summed E-state index contributed by atoms with van der Waals surface area (Å²) in [6.07, 6.45) is 3.06. The van der Waals surface area contributed by atoms with Crippen LogP contribution in [0.2, 0.25) is 0 Å². The van der Waals surface area contributed by atoms with Gasteiger partial charge < -0.3 is 9.80 Å². The van der Waals surface area contributed by atoms with E-state index in [4.69, 9.17) is 0 Å². The van der Waals surface area contributed by atoms with E-state index < -0.39 is 10.8 Å². The van der Waals surface area contributed by atoms with E-state index in [2.05, 4.69) is 31.4 Å². The molecule has 3 rings (SSSR count). The molecule has 1 aliphatic rings. The molecular formula is C24H28BrN5O4. The largest absolute Gasteiger partial charge is 0.370 e. The van der Waals surface area contributed by atoms with Crippen LogP contribution in [0.4, 0.5) is 11.4 Å². The Labute approximate surface area is 207 Å². The van der Waals surface area contributed by atoms with Crippen molar-refractivity contribution in [2.75, 3.05) is 31.1 Å². The van der Waals surface area contributed by atoms with Crippen LogP contribution in [0.1, 0.15) is 42.6 Å². The Morgan fingerprint density at radius 2 is 2.03 bits per heavy atom. The van der Waals surface area contributed by atoms with Crippen LogP contribution in [-0.2, 0) is 4.79 Å². The van der Waals surface area contributed by atoms with E-state index in [1.807, 2.05) is 24.8 Å². The number of carbonyl (C=O) groups excluding carboxylic acids is 2. The molecule has 0 aromatic heterocycles. The van der Waals surface area contributed by atoms with Gasteiger partial charge >= 0.3 is 0 Å². The zero-order chi connectivity index (χ0) is 24.7. The highest BCUT2D eigenvalue weighted by molar-refractivity contribution is 9.10. The van der Waals surface area contributed by atoms with Gasteiger partial charge in [-0.15, -0.1) is 0 Å². The van der Waals surface area contributed by atoms with Crippen LogP contribution >= 0.6 is 15.9 Å². The summed E-state index contributed by atoms with van der Waals surface area (Å²) in [5, 5.41) is 15.4. The third kappa shape index (κ3) is 6.19. The number of piperidine rings is 1. The normalized spacial score (nSPS) is 15.9. The number of nitro groups is 1. The third-order valence-corrected chi connectivity index (χ3v) is 6.36. The molecule has 34 heavy (non-hydrogen) atoms. The van der Waals surface area contributed by atoms with Crippen molar-refractivity contribution < 1.29 is 14.5 Å². The van der Waals surface area contributed by atoms with Gasteiger partial charge in [-0.25, -0.2) is 5.43 Å². The van der Waals surface area contributed by atoms with E-state index in [9.17, 15) is 19.7 Å². The fourth-order valence-electron chi connectivity index (χ4n) is 4.09. The van der Waals surface area contributed by atoms with Crippen LogP contribution < -0.4 is 10.3 Å². The standard InChI is InChI=1S/C24H28BrN5O4/c1-3-28(4-2)24(32)18-8-6-12-29(16-18)22-11-10-21(30(33)34)14-19(22)15-26-27-23(31)17-7-5-9-20(25)13-17/h5,7,9-11,13-15,18H,3-4,6,8,12,16H2,1-2H3,(H,27,31)/b26-15-/t18-/m1/s1. The summed E-state index contributed by atoms with van der Waals surface area (Å²) < 4.78 is 0.768. The monoisotopic (exact) mass is 529 g/mol. The first kappa shape index (κ1) is 25.4. The number of carbonyl (C=O) groups is 2. The van der Waals surface area contributed by atoms with Crippen molar-refractivity contribution in [1.29, 1.82) is 0 Å². The van der Waals surface area contributed by atoms with E-state index in [1.165, 1.54) is 18.3 Å². The molecule has 1 aliphatic heterocycles. The van der Waals surface area contributed by atoms with Gasteiger partial charge in [0.2, 0.25) is 5.91 Å². The number of non-ortho nitro benzene ring substituents is 1. The maximum atomic E-state index is 12.9. The number of amides is 2. The zero-order valence-electron chi connectivity index (χ0n) is 19.2. The first-order valence-corrected chi connectivity index (χ1v) is 12.0. The quantitative estimate of drug-likeness (QED) is 0.313. The number of halogens is 1. The smallest absolute Gasteiger partial charge is 0.271 e. The van der Waals surface area contributed by atoms with Crippen molar-refractivity contribution in [3.8, 4) is 0 Å². The lowest BCUT2D eigenvalue weighted by Gasteiger charge is -2.36. The highest BCUT2D eigenvalue weighted by atomic mass is 79.9. The molecule has 0 aliphatic carbocycles. The predicted molar refractivity (Wildman–Crippen MR) is 135 cm³/mol. The van der Waals surface area contributed by atoms with Crippen LogP contribution in [0.5, 0.6) is 0 Å². The molecule has 0 radical (unpaired) electrons. The summed E-state index contributed by atoms with van der Waals surface area (Å²) >= 11 is 3.33. The molecule has 0 bridgehead atoms. The minimum atomic E-state index is -0.468. The SMILES string of the molecule is CCN(CC)C(=O)[C@@H]1CCCN(c2ccc([N+](=O)[O-])cc2/C=N\NC(=O)c2cccc(Br)c2)C1. The van der Waals surface area contributed by atoms with Crippen molar-refractivity contribution in [3.63, 3.8) is 0 Å². The number of anilines is 1. The van der Waals surface area contributed by atoms with E-state index in [-0.39, 0.29) is 17.5 Å². The number of nitrogens with one attached hydrogen (secondary N) is 1. The van der Waals surface area contributed by atoms with Gasteiger partial charge in [0.15, 0.2) is 0 Å². The van der Waals surface area contributed by atoms with Gasteiger partial charge in [-0.2, -0.15) is 5.10 Å². The summed E-state index contributed by atoms with van der Waals surface area (Å²) in [5.74, 6) is -0.398. The maximum absolute atomic E-state index is 12.9. The van der Waals surface area contributed by atoms with Gasteiger partial charge in [-0.05, 0) is 51.0 Å². The second-order valence-corrected chi connectivity index (χ2v) is 8.92. The molecule has 1 atom stereocenters. The molecule has 2 aromatic carbocycles. The summed E-state index contributed by atoms with van der Waals surface area (Å²) in [6, 6.07) is 11.4. The second-order valence-electron chi connectivity index (χ2n) is 8.01. The molecule has 0 spiro atoms. The third-order valence-electron chi connectivity index (χ3n) is 5.86. The molecule has 0 saturated carbocycles. The van der Waals surface area contributed by atoms with Gasteiger partial charge in [0.05, 0.1) is 17.1 Å². The Bertz CT molecular complexity index is 1090. The molecule has 2 aromatic rings. The van der Waals surface area contributed by atoms with Gasteiger partial charge in [0.1, 0.15) is 0 Å². The second kappa shape index (κ2) is 11.7. The Morgan fingerprint density at radius 3 is 2.71 bits per heavy atom. The van der Waals surface area contributed by atoms with Crippen molar-refractivity contribution in [2.45, 2.75) is 26.7 Å². The van der Waals surface area contributed by atoms with Crippen molar-refractivity contribution >= 4 is 45.3 Å². The summed E-state index contributed by atoms with van der Waals surface area (Å²) in [5.41, 5.74) is 4.07. The lowest BCUT2D eigenvalue weighted by molar-refractivity contribution is -0.384. The minimum absolute atomic E-state index is 0.0729. The number of benzene rings is 2. The van der Waals surface area contributed by atoms with Crippen LogP contribution in [-0.4, -0.2) is 54.0 Å². The average molecular weight is 530 g/mol. The van der Waals surface area contributed by atoms with Gasteiger partial charge in [-0.1, -0.05) is 22.0 Å². The molecule has 1 saturated heterocycles. The summed E-state index contributed by atoms with van der Waals surface area (Å²) in [4.78, 5) is 40.1. The average Bonchev–Trinajstić information content (AvgIpc) is 2.84. The van der Waals surface area contributed by atoms with E-state index >= 15 is 0 Å². The van der Waals surface area contributed by atoms with Gasteiger partial charge in [0.25, 0.3) is 11.6 Å². The van der Waals surface area contributed by atoms with Gasteiger partial charge in [-0.3, -0.25) is 19.7 Å². The number of hydrogen-bond donors (Lipinski definition) is 1. The van der Waals surface area contributed by atoms with Crippen LogP contribution in [0.3, 0.4) is 0 Å². The number of rotatable bonds is 8. The first-order chi connectivity index (χ1) is 16.3. The fraction of sp³-hybridized carbons (Fsp3) is 0.375. The highest BCUT2D eigenvalue weighted by Crippen LogP contribution is 2.29. The zero-order valence-corrected chi connectivity index (χ0v) is 20.8. The molecule has 1 fully saturated rings. The first-order valence-electron chi connectivity index (χ1n) is 11.2. The van der Waals surface area contributed by atoms with Crippen LogP contribution in [0.25, 0.3) is 0 Å². The molecule has 1 N–H and O–H groups in total. The maximum Gasteiger partial charge on any atom is 0.271 e. The summed E-state index contributed by atoms with van der Waals surface area (Å²) in [6.45, 7) is 6.52. The van der Waals surface area contributed by atoms with Crippen LogP contribution in [0.15, 0.2) is 52.0 Å². The lowest BCUT2D eigenvalue weighted by atomic mass is 9.95. The van der Waals surface area contributed by atoms with Crippen molar-refractivity contribution in [2.24, 2.45) is 11.0 Å². The Hall–Kier alpha value is -3.27. The Morgan fingerprint density at radius 1 is 1.26 bits per heavy atom. The molecule has 1 heterocycles.